The lowest BCUT2D eigenvalue weighted by Gasteiger charge is -2.39. The Labute approximate surface area is 913 Å². The molecule has 0 bridgehead atoms. The molecule has 2 aliphatic carbocycles. The fourth-order valence-electron chi connectivity index (χ4n) is 19.3. The summed E-state index contributed by atoms with van der Waals surface area (Å²) in [6.07, 6.45) is 6.53. The third kappa shape index (κ3) is 21.5. The third-order valence-corrected chi connectivity index (χ3v) is 55.6. The number of aromatic carboxylic acids is 1. The Hall–Kier alpha value is -10.4. The summed E-state index contributed by atoms with van der Waals surface area (Å²) in [6.45, 7) is 43.6. The van der Waals surface area contributed by atoms with Crippen molar-refractivity contribution in [1.82, 2.24) is 0 Å². The number of benzene rings is 12. The lowest BCUT2D eigenvalue weighted by molar-refractivity contribution is -0.111. The van der Waals surface area contributed by atoms with Crippen LogP contribution in [-0.4, -0.2) is 131 Å². The number of phenols is 6. The molecule has 7 aliphatic rings. The largest absolute Gasteiger partial charge is 0.543 e. The van der Waals surface area contributed by atoms with E-state index in [2.05, 4.69) is 137 Å². The van der Waals surface area contributed by atoms with Crippen molar-refractivity contribution in [1.29, 1.82) is 0 Å². The SMILES string of the molecule is CC(C)(C)OC(=O)c1ccccc1Br.C[Si]1(C)C2=C(Cl)C(=O)C=CC2=C(c2ccccc2C(=O)O)c2ccc(O)c(Cl)c21.C[Si]1(C)c2c(ccc(O)c2Cl)C(=O)c2ccc(O)c(Cl)c21.C[Si]1(C)c2cc(O)ccc2C(=O)c2ccc(O)cc21.Cc1ccc2c(c1Cl)[Si](C)(C)c1c(ccc(O[Si](C)(C)C(C)(C)C)c1Cl)C2=O.Cc1ccccc1Br.Cc1ccccc1C1=C2C=CC(=O)C(Cl)=C2[Si](C)(C)c2c1ccc(O)c2Cl. The quantitative estimate of drug-likeness (QED) is 0.0602. The van der Waals surface area contributed by atoms with Crippen LogP contribution in [0.5, 0.6) is 40.2 Å². The number of halogens is 10. The number of carboxylic acids is 1. The lowest BCUT2D eigenvalue weighted by Crippen LogP contribution is -2.61. The van der Waals surface area contributed by atoms with Gasteiger partial charge in [0, 0.05) is 47.3 Å². The number of allylic oxidation sites excluding steroid dienone is 10. The molecule has 12 aromatic rings. The molecule has 754 valence electrons. The number of phenolic OH excluding ortho intramolecular Hbond substituents is 6. The maximum Gasteiger partial charge on any atom is 0.339 e. The van der Waals surface area contributed by atoms with E-state index >= 15 is 0 Å². The first-order valence-electron chi connectivity index (χ1n) is 46.5. The highest BCUT2D eigenvalue weighted by molar-refractivity contribution is 9.10. The zero-order chi connectivity index (χ0) is 108. The normalized spacial score (nSPS) is 15.7. The van der Waals surface area contributed by atoms with Gasteiger partial charge < -0.3 is 44.9 Å². The molecule has 5 aliphatic heterocycles. The van der Waals surface area contributed by atoms with Crippen molar-refractivity contribution in [2.75, 3.05) is 0 Å². The van der Waals surface area contributed by atoms with E-state index in [4.69, 9.17) is 102 Å². The average Bonchev–Trinajstić information content (AvgIpc) is 0.710. The molecule has 0 spiro atoms. The van der Waals surface area contributed by atoms with E-state index in [9.17, 15) is 69.3 Å². The van der Waals surface area contributed by atoms with Crippen molar-refractivity contribution in [3.05, 3.63) is 385 Å². The molecule has 19 rings (SSSR count). The van der Waals surface area contributed by atoms with Gasteiger partial charge in [-0.25, -0.2) is 9.59 Å². The van der Waals surface area contributed by atoms with Crippen molar-refractivity contribution in [2.45, 2.75) is 152 Å². The van der Waals surface area contributed by atoms with Crippen molar-refractivity contribution < 1.29 is 78.5 Å². The van der Waals surface area contributed by atoms with E-state index in [1.54, 1.807) is 91.0 Å². The molecule has 0 fully saturated rings. The summed E-state index contributed by atoms with van der Waals surface area (Å²) in [7, 11) is -13.9. The number of hydrogen-bond acceptors (Lipinski definition) is 15. The second-order valence-electron chi connectivity index (χ2n) is 41.4. The van der Waals surface area contributed by atoms with Gasteiger partial charge in [0.15, 0.2) is 28.9 Å². The number of carbonyl (C=O) groups excluding carboxylic acids is 6. The Morgan fingerprint density at radius 3 is 1.07 bits per heavy atom. The number of carboxylic acid groups (broad SMARTS) is 1. The minimum absolute atomic E-state index is 0.000462. The Morgan fingerprint density at radius 1 is 0.342 bits per heavy atom. The Bertz CT molecular complexity index is 7610. The second kappa shape index (κ2) is 42.9. The van der Waals surface area contributed by atoms with Crippen molar-refractivity contribution in [2.24, 2.45) is 0 Å². The minimum Gasteiger partial charge on any atom is -0.543 e. The third-order valence-electron chi connectivity index (χ3n) is 27.6. The van der Waals surface area contributed by atoms with Gasteiger partial charge in [-0.1, -0.05) is 304 Å². The number of carbonyl (C=O) groups is 7. The van der Waals surface area contributed by atoms with E-state index in [0.717, 1.165) is 85.3 Å². The van der Waals surface area contributed by atoms with Gasteiger partial charge >= 0.3 is 11.9 Å². The molecule has 0 saturated heterocycles. The zero-order valence-corrected chi connectivity index (χ0v) is 99.2. The maximum atomic E-state index is 13.2. The van der Waals surface area contributed by atoms with Gasteiger partial charge in [-0.3, -0.25) is 24.0 Å². The van der Waals surface area contributed by atoms with Gasteiger partial charge in [-0.05, 0) is 310 Å². The molecule has 0 amide bonds. The van der Waals surface area contributed by atoms with Crippen LogP contribution in [0.2, 0.25) is 114 Å². The van der Waals surface area contributed by atoms with Crippen LogP contribution in [0.25, 0.3) is 11.1 Å². The fraction of sp³-hybridized carbons (Fsp3) is 0.202. The number of fused-ring (bicyclic) bond motifs is 10. The molecule has 0 unspecified atom stereocenters. The summed E-state index contributed by atoms with van der Waals surface area (Å²) in [4.78, 5) is 86.6. The van der Waals surface area contributed by atoms with Gasteiger partial charge in [0.1, 0.15) is 86.2 Å². The van der Waals surface area contributed by atoms with Crippen LogP contribution in [0.1, 0.15) is 149 Å². The first-order valence-corrected chi connectivity index (χ1v) is 69.0. The Morgan fingerprint density at radius 2 is 0.678 bits per heavy atom. The smallest absolute Gasteiger partial charge is 0.339 e. The van der Waals surface area contributed by atoms with E-state index in [1.165, 1.54) is 46.5 Å². The van der Waals surface area contributed by atoms with Crippen LogP contribution in [-0.2, 0) is 14.3 Å². The van der Waals surface area contributed by atoms with Crippen molar-refractivity contribution >= 4 is 267 Å². The van der Waals surface area contributed by atoms with Crippen LogP contribution in [0.4, 0.5) is 0 Å². The summed E-state index contributed by atoms with van der Waals surface area (Å²) in [5.41, 5.74) is 14.1. The van der Waals surface area contributed by atoms with Gasteiger partial charge in [0.2, 0.25) is 0 Å². The molecule has 7 N–H and O–H groups in total. The monoisotopic (exact) mass is 2340 g/mol. The molecule has 0 aromatic heterocycles. The highest BCUT2D eigenvalue weighted by Crippen LogP contribution is 2.51. The molecule has 5 heterocycles. The second-order valence-corrected chi connectivity index (χ2v) is 72.2. The zero-order valence-electron chi connectivity index (χ0n) is 84.0. The molecule has 0 atom stereocenters. The van der Waals surface area contributed by atoms with E-state index in [-0.39, 0.29) is 105 Å². The van der Waals surface area contributed by atoms with Crippen molar-refractivity contribution in [3.63, 3.8) is 0 Å². The van der Waals surface area contributed by atoms with Crippen LogP contribution in [0.15, 0.2) is 271 Å². The number of aryl methyl sites for hydroxylation is 3. The standard InChI is InChI=1S/C22H16Cl2O4Si.C22H28Cl2O2Si2.C22H18Cl2O2Si.C15H12Cl2O3Si.C15H14O3Si.C11H13BrO2.C7H7Br/c1-29(2)20-13(7-9-15(25)18(20)23)17(11-5-3-4-6-12(11)22(27)28)14-8-10-16(26)19(24)21(14)29;1-13-9-10-14-19(25)15-11-12-16(26-28(7,8)22(2,3)4)18(24)21(15)27(5,6)20(14)17(13)23;1-12-6-4-5-7-13(12)18-14-8-10-16(25)19(23)21(14)27(2,3)22-15(18)9-11-17(26)20(22)24;1-21(2)14-7(3-5-9(18)11(14)16)13(20)8-4-6-10(19)12(17)15(8)21;1-19(2)13-7-9(16)3-5-11(13)15(18)12-6-4-10(17)8-14(12)19;1-11(2,3)14-10(13)8-6-4-5-7-9(8)12;1-6-4-2-3-5-7(6)8/h3-10,25H,1-2H3,(H,27,28);9-12H,1-8H3;4-11,25H,1-3H3;3-6,18-19H,1-2H3;3-8,16-17H,1-2H3;4-7H,1-3H3;2-5H,1H3. The first kappa shape index (κ1) is 113. The molecular weight excluding hydrogens is 2240 g/mol. The molecule has 0 saturated carbocycles. The number of aromatic hydroxyl groups is 6. The number of rotatable bonds is 6. The number of ketones is 5. The van der Waals surface area contributed by atoms with E-state index in [0.29, 0.717) is 86.5 Å². The summed E-state index contributed by atoms with van der Waals surface area (Å²) < 4.78 is 13.7. The molecule has 146 heavy (non-hydrogen) atoms. The fourth-order valence-corrected chi connectivity index (χ4v) is 44.7. The van der Waals surface area contributed by atoms with Gasteiger partial charge in [-0.15, -0.1) is 0 Å². The summed E-state index contributed by atoms with van der Waals surface area (Å²) in [5, 5.41) is 80.4. The molecule has 0 radical (unpaired) electrons. The highest BCUT2D eigenvalue weighted by Gasteiger charge is 2.50. The number of hydrogen-bond donors (Lipinski definition) is 7. The van der Waals surface area contributed by atoms with Crippen LogP contribution in [0.3, 0.4) is 0 Å². The molecule has 12 aromatic carbocycles. The van der Waals surface area contributed by atoms with Gasteiger partial charge in [0.25, 0.3) is 8.32 Å². The van der Waals surface area contributed by atoms with Crippen LogP contribution in [0, 0.1) is 20.8 Å². The van der Waals surface area contributed by atoms with Gasteiger partial charge in [-0.2, -0.15) is 0 Å². The number of esters is 1. The highest BCUT2D eigenvalue weighted by atomic mass is 79.9. The summed E-state index contributed by atoms with van der Waals surface area (Å²) in [6, 6.07) is 60.5. The van der Waals surface area contributed by atoms with Crippen LogP contribution < -0.4 is 45.9 Å². The molecule has 32 heteroatoms. The topological polar surface area (TPSA) is 280 Å². The predicted molar refractivity (Wildman–Crippen MR) is 618 cm³/mol. The minimum atomic E-state index is -2.60. The van der Waals surface area contributed by atoms with E-state index < -0.39 is 60.3 Å². The van der Waals surface area contributed by atoms with Gasteiger partial charge in [0.05, 0.1) is 46.3 Å². The Kier molecular flexibility index (Phi) is 33.1. The Balaban J connectivity index is 0.000000146. The predicted octanol–water partition coefficient (Wildman–Crippen LogP) is 26.4. The molecule has 16 nitrogen and oxygen atoms in total. The average molecular weight is 2350 g/mol. The summed E-state index contributed by atoms with van der Waals surface area (Å²) >= 11 is 59.0. The number of ether oxygens (including phenoxy) is 1. The lowest BCUT2D eigenvalue weighted by atomic mass is 9.87. The van der Waals surface area contributed by atoms with Crippen molar-refractivity contribution in [3.8, 4) is 40.2 Å². The summed E-state index contributed by atoms with van der Waals surface area (Å²) in [5.74, 6) is -1.12. The first-order chi connectivity index (χ1) is 68.0. The maximum absolute atomic E-state index is 13.2. The van der Waals surface area contributed by atoms with E-state index in [1.807, 2.05) is 139 Å². The van der Waals surface area contributed by atoms with Crippen LogP contribution >= 0.6 is 125 Å². The molecular formula is C114H108Br2Cl8O16Si6.